The molecule has 0 bridgehead atoms. The summed E-state index contributed by atoms with van der Waals surface area (Å²) < 4.78 is 0. The van der Waals surface area contributed by atoms with Gasteiger partial charge in [0.05, 0.1) is 0 Å². The molecule has 88 valence electrons. The second-order valence-electron chi connectivity index (χ2n) is 5.25. The summed E-state index contributed by atoms with van der Waals surface area (Å²) in [5, 5.41) is 0.785. The van der Waals surface area contributed by atoms with Crippen molar-refractivity contribution in [3.8, 4) is 0 Å². The highest BCUT2D eigenvalue weighted by atomic mass is 35.5. The summed E-state index contributed by atoms with van der Waals surface area (Å²) in [6.07, 6.45) is 6.45. The number of halogens is 1. The summed E-state index contributed by atoms with van der Waals surface area (Å²) in [6, 6.07) is 8.11. The Balaban J connectivity index is 2.20. The van der Waals surface area contributed by atoms with E-state index in [0.29, 0.717) is 0 Å². The minimum absolute atomic E-state index is 0.117. The zero-order valence-corrected chi connectivity index (χ0v) is 10.6. The zero-order chi connectivity index (χ0) is 11.6. The number of rotatable bonds is 2. The monoisotopic (exact) mass is 237 g/mol. The molecule has 1 unspecified atom stereocenters. The number of hydrogen-bond acceptors (Lipinski definition) is 1. The van der Waals surface area contributed by atoms with Crippen molar-refractivity contribution in [2.75, 3.05) is 0 Å². The minimum atomic E-state index is 0.117. The molecule has 1 nitrogen and oxygen atoms in total. The molecule has 1 aromatic rings. The molecule has 1 aliphatic carbocycles. The fourth-order valence-electron chi connectivity index (χ4n) is 2.77. The van der Waals surface area contributed by atoms with E-state index >= 15 is 0 Å². The van der Waals surface area contributed by atoms with Crippen LogP contribution in [0.2, 0.25) is 5.02 Å². The maximum absolute atomic E-state index is 6.41. The van der Waals surface area contributed by atoms with Crippen LogP contribution in [0.3, 0.4) is 0 Å². The fraction of sp³-hybridized carbons (Fsp3) is 0.571. The zero-order valence-electron chi connectivity index (χ0n) is 9.88. The second-order valence-corrected chi connectivity index (χ2v) is 5.68. The summed E-state index contributed by atoms with van der Waals surface area (Å²) in [4.78, 5) is 0. The van der Waals surface area contributed by atoms with Gasteiger partial charge in [-0.25, -0.2) is 0 Å². The van der Waals surface area contributed by atoms with Crippen molar-refractivity contribution in [1.82, 2.24) is 0 Å². The van der Waals surface area contributed by atoms with Crippen LogP contribution < -0.4 is 5.73 Å². The molecule has 0 radical (unpaired) electrons. The van der Waals surface area contributed by atoms with Crippen molar-refractivity contribution in [3.63, 3.8) is 0 Å². The van der Waals surface area contributed by atoms with Gasteiger partial charge in [0, 0.05) is 11.1 Å². The van der Waals surface area contributed by atoms with Crippen LogP contribution in [0.4, 0.5) is 0 Å². The highest BCUT2D eigenvalue weighted by molar-refractivity contribution is 6.30. The predicted octanol–water partition coefficient (Wildman–Crippen LogP) is 4.31. The van der Waals surface area contributed by atoms with Crippen molar-refractivity contribution >= 4 is 11.6 Å². The molecule has 0 amide bonds. The SMILES string of the molecule is CC1(C(N)c2cccc(Cl)c2)CCCCC1. The molecule has 1 saturated carbocycles. The van der Waals surface area contributed by atoms with Crippen molar-refractivity contribution < 1.29 is 0 Å². The molecule has 0 aromatic heterocycles. The Morgan fingerprint density at radius 2 is 1.94 bits per heavy atom. The third-order valence-corrected chi connectivity index (χ3v) is 4.19. The molecule has 16 heavy (non-hydrogen) atoms. The van der Waals surface area contributed by atoms with Gasteiger partial charge >= 0.3 is 0 Å². The van der Waals surface area contributed by atoms with Crippen LogP contribution >= 0.6 is 11.6 Å². The van der Waals surface area contributed by atoms with Crippen LogP contribution in [0.5, 0.6) is 0 Å². The molecule has 1 atom stereocenters. The van der Waals surface area contributed by atoms with Gasteiger partial charge in [-0.05, 0) is 36.0 Å². The molecule has 0 heterocycles. The van der Waals surface area contributed by atoms with Crippen LogP contribution in [-0.4, -0.2) is 0 Å². The van der Waals surface area contributed by atoms with Crippen molar-refractivity contribution in [2.24, 2.45) is 11.1 Å². The van der Waals surface area contributed by atoms with E-state index in [-0.39, 0.29) is 11.5 Å². The van der Waals surface area contributed by atoms with Gasteiger partial charge in [0.25, 0.3) is 0 Å². The molecule has 1 aliphatic rings. The molecule has 2 rings (SSSR count). The predicted molar refractivity (Wildman–Crippen MR) is 69.6 cm³/mol. The fourth-order valence-corrected chi connectivity index (χ4v) is 2.97. The Labute approximate surface area is 103 Å². The Morgan fingerprint density at radius 3 is 2.56 bits per heavy atom. The molecule has 2 heteroatoms. The van der Waals surface area contributed by atoms with Crippen molar-refractivity contribution in [3.05, 3.63) is 34.9 Å². The van der Waals surface area contributed by atoms with Gasteiger partial charge in [-0.2, -0.15) is 0 Å². The van der Waals surface area contributed by atoms with E-state index in [9.17, 15) is 0 Å². The first-order chi connectivity index (χ1) is 7.62. The van der Waals surface area contributed by atoms with Gasteiger partial charge in [0.1, 0.15) is 0 Å². The van der Waals surface area contributed by atoms with Crippen LogP contribution in [0.1, 0.15) is 50.6 Å². The Kier molecular flexibility index (Phi) is 3.56. The number of hydrogen-bond donors (Lipinski definition) is 1. The first-order valence-corrected chi connectivity index (χ1v) is 6.51. The van der Waals surface area contributed by atoms with Crippen molar-refractivity contribution in [2.45, 2.75) is 45.1 Å². The summed E-state index contributed by atoms with van der Waals surface area (Å²) in [6.45, 7) is 2.32. The third-order valence-electron chi connectivity index (χ3n) is 3.95. The van der Waals surface area contributed by atoms with E-state index in [1.54, 1.807) is 0 Å². The number of nitrogens with two attached hydrogens (primary N) is 1. The van der Waals surface area contributed by atoms with Crippen molar-refractivity contribution in [1.29, 1.82) is 0 Å². The first kappa shape index (κ1) is 11.9. The highest BCUT2D eigenvalue weighted by Crippen LogP contribution is 2.44. The van der Waals surface area contributed by atoms with E-state index < -0.39 is 0 Å². The molecule has 1 fully saturated rings. The van der Waals surface area contributed by atoms with Gasteiger partial charge < -0.3 is 5.73 Å². The first-order valence-electron chi connectivity index (χ1n) is 6.13. The average molecular weight is 238 g/mol. The normalized spacial score (nSPS) is 21.7. The smallest absolute Gasteiger partial charge is 0.0409 e. The quantitative estimate of drug-likeness (QED) is 0.815. The summed E-state index contributed by atoms with van der Waals surface area (Å²) in [5.41, 5.74) is 7.84. The lowest BCUT2D eigenvalue weighted by molar-refractivity contribution is 0.170. The maximum atomic E-state index is 6.41. The lowest BCUT2D eigenvalue weighted by atomic mass is 9.69. The number of benzene rings is 1. The molecular weight excluding hydrogens is 218 g/mol. The summed E-state index contributed by atoms with van der Waals surface area (Å²) in [5.74, 6) is 0. The van der Waals surface area contributed by atoms with Gasteiger partial charge in [0.15, 0.2) is 0 Å². The van der Waals surface area contributed by atoms with Crippen LogP contribution in [0, 0.1) is 5.41 Å². The highest BCUT2D eigenvalue weighted by Gasteiger charge is 2.33. The largest absolute Gasteiger partial charge is 0.323 e. The molecule has 2 N–H and O–H groups in total. The van der Waals surface area contributed by atoms with Crippen LogP contribution in [0.25, 0.3) is 0 Å². The third kappa shape index (κ3) is 2.41. The van der Waals surface area contributed by atoms with Gasteiger partial charge in [0.2, 0.25) is 0 Å². The van der Waals surface area contributed by atoms with Crippen LogP contribution in [-0.2, 0) is 0 Å². The lowest BCUT2D eigenvalue weighted by Gasteiger charge is -2.39. The Bertz CT molecular complexity index is 356. The topological polar surface area (TPSA) is 26.0 Å². The maximum Gasteiger partial charge on any atom is 0.0409 e. The van der Waals surface area contributed by atoms with E-state index in [1.807, 2.05) is 18.2 Å². The lowest BCUT2D eigenvalue weighted by Crippen LogP contribution is -2.33. The molecular formula is C14H20ClN. The summed E-state index contributed by atoms with van der Waals surface area (Å²) >= 11 is 6.02. The Morgan fingerprint density at radius 1 is 1.25 bits per heavy atom. The second kappa shape index (κ2) is 4.77. The molecule has 1 aromatic carbocycles. The van der Waals surface area contributed by atoms with E-state index in [4.69, 9.17) is 17.3 Å². The molecule has 0 saturated heterocycles. The van der Waals surface area contributed by atoms with Gasteiger partial charge in [-0.3, -0.25) is 0 Å². The molecule has 0 aliphatic heterocycles. The van der Waals surface area contributed by atoms with Crippen LogP contribution in [0.15, 0.2) is 24.3 Å². The molecule has 0 spiro atoms. The van der Waals surface area contributed by atoms with Gasteiger partial charge in [-0.15, -0.1) is 0 Å². The standard InChI is InChI=1S/C14H20ClN/c1-14(8-3-2-4-9-14)13(16)11-6-5-7-12(15)10-11/h5-7,10,13H,2-4,8-9,16H2,1H3. The van der Waals surface area contributed by atoms with E-state index in [1.165, 1.54) is 37.7 Å². The van der Waals surface area contributed by atoms with Gasteiger partial charge in [-0.1, -0.05) is 49.9 Å². The van der Waals surface area contributed by atoms with E-state index in [2.05, 4.69) is 13.0 Å². The summed E-state index contributed by atoms with van der Waals surface area (Å²) in [7, 11) is 0. The average Bonchev–Trinajstić information content (AvgIpc) is 2.29. The van der Waals surface area contributed by atoms with E-state index in [0.717, 1.165) is 5.02 Å². The Hall–Kier alpha value is -0.530. The minimum Gasteiger partial charge on any atom is -0.323 e.